The first-order chi connectivity index (χ1) is 11.5. The van der Waals surface area contributed by atoms with Crippen LogP contribution in [0.15, 0.2) is 54.6 Å². The first-order valence-electron chi connectivity index (χ1n) is 8.23. The summed E-state index contributed by atoms with van der Waals surface area (Å²) in [6.45, 7) is 6.22. The number of nitrogens with one attached hydrogen (secondary N) is 1. The molecule has 24 heavy (non-hydrogen) atoms. The van der Waals surface area contributed by atoms with Gasteiger partial charge in [0.05, 0.1) is 7.11 Å². The lowest BCUT2D eigenvalue weighted by Crippen LogP contribution is -2.36. The molecule has 3 nitrogen and oxygen atoms in total. The van der Waals surface area contributed by atoms with Gasteiger partial charge in [-0.05, 0) is 42.2 Å². The van der Waals surface area contributed by atoms with E-state index < -0.39 is 0 Å². The molecule has 0 aliphatic heterocycles. The van der Waals surface area contributed by atoms with Crippen LogP contribution in [-0.4, -0.2) is 19.1 Å². The zero-order valence-corrected chi connectivity index (χ0v) is 14.7. The molecule has 0 aromatic heterocycles. The van der Waals surface area contributed by atoms with Gasteiger partial charge in [0, 0.05) is 11.6 Å². The van der Waals surface area contributed by atoms with Gasteiger partial charge in [-0.15, -0.1) is 0 Å². The van der Waals surface area contributed by atoms with Gasteiger partial charge in [-0.2, -0.15) is 0 Å². The second kappa shape index (κ2) is 8.34. The molecule has 0 aliphatic carbocycles. The number of carbonyl (C=O) groups is 1. The summed E-state index contributed by atoms with van der Waals surface area (Å²) in [6.07, 6.45) is 1.91. The third-order valence-corrected chi connectivity index (χ3v) is 4.11. The summed E-state index contributed by atoms with van der Waals surface area (Å²) in [5.41, 5.74) is 2.53. The van der Waals surface area contributed by atoms with E-state index in [-0.39, 0.29) is 11.9 Å². The Morgan fingerprint density at radius 1 is 1.00 bits per heavy atom. The van der Waals surface area contributed by atoms with Crippen LogP contribution in [0.5, 0.6) is 5.75 Å². The zero-order chi connectivity index (χ0) is 17.5. The fourth-order valence-electron chi connectivity index (χ4n) is 2.22. The van der Waals surface area contributed by atoms with Crippen molar-refractivity contribution in [2.45, 2.75) is 26.8 Å². The van der Waals surface area contributed by atoms with Crippen LogP contribution < -0.4 is 10.1 Å². The van der Waals surface area contributed by atoms with Crippen LogP contribution in [0.3, 0.4) is 0 Å². The molecular formula is C21H25NO2. The maximum Gasteiger partial charge on any atom is 0.252 e. The predicted molar refractivity (Wildman–Crippen MR) is 99.7 cm³/mol. The van der Waals surface area contributed by atoms with Crippen molar-refractivity contribution in [3.63, 3.8) is 0 Å². The van der Waals surface area contributed by atoms with Crippen molar-refractivity contribution in [1.29, 1.82) is 0 Å². The van der Waals surface area contributed by atoms with Crippen LogP contribution in [0.25, 0.3) is 11.6 Å². The zero-order valence-electron chi connectivity index (χ0n) is 14.7. The predicted octanol–water partition coefficient (Wildman–Crippen LogP) is 4.40. The third-order valence-electron chi connectivity index (χ3n) is 4.11. The molecule has 2 rings (SSSR count). The fourth-order valence-corrected chi connectivity index (χ4v) is 2.22. The van der Waals surface area contributed by atoms with E-state index in [1.807, 2.05) is 67.6 Å². The van der Waals surface area contributed by atoms with E-state index >= 15 is 0 Å². The highest BCUT2D eigenvalue weighted by atomic mass is 16.5. The Morgan fingerprint density at radius 2 is 1.62 bits per heavy atom. The Morgan fingerprint density at radius 3 is 2.17 bits per heavy atom. The largest absolute Gasteiger partial charge is 0.497 e. The molecule has 0 aliphatic rings. The highest BCUT2D eigenvalue weighted by molar-refractivity contribution is 6.24. The molecule has 126 valence electrons. The van der Waals surface area contributed by atoms with Gasteiger partial charge >= 0.3 is 0 Å². The van der Waals surface area contributed by atoms with Crippen LogP contribution in [0.2, 0.25) is 0 Å². The summed E-state index contributed by atoms with van der Waals surface area (Å²) in [4.78, 5) is 12.8. The summed E-state index contributed by atoms with van der Waals surface area (Å²) < 4.78 is 5.19. The van der Waals surface area contributed by atoms with Gasteiger partial charge in [0.2, 0.25) is 0 Å². The highest BCUT2D eigenvalue weighted by Gasteiger charge is 2.16. The summed E-state index contributed by atoms with van der Waals surface area (Å²) >= 11 is 0. The molecule has 3 heteroatoms. The lowest BCUT2D eigenvalue weighted by Gasteiger charge is -2.19. The molecule has 0 unspecified atom stereocenters. The van der Waals surface area contributed by atoms with Gasteiger partial charge in [0.1, 0.15) is 5.75 Å². The van der Waals surface area contributed by atoms with Crippen molar-refractivity contribution in [2.24, 2.45) is 5.92 Å². The second-order valence-corrected chi connectivity index (χ2v) is 6.20. The molecule has 1 N–H and O–H groups in total. The lowest BCUT2D eigenvalue weighted by molar-refractivity contribution is -0.116. The van der Waals surface area contributed by atoms with Gasteiger partial charge < -0.3 is 10.1 Å². The van der Waals surface area contributed by atoms with E-state index in [1.54, 1.807) is 7.11 Å². The van der Waals surface area contributed by atoms with Crippen molar-refractivity contribution in [3.8, 4) is 5.75 Å². The van der Waals surface area contributed by atoms with Gasteiger partial charge in [0.15, 0.2) is 0 Å². The monoisotopic (exact) mass is 323 g/mol. The van der Waals surface area contributed by atoms with E-state index in [0.717, 1.165) is 16.9 Å². The molecule has 0 saturated heterocycles. The topological polar surface area (TPSA) is 38.3 Å². The number of benzene rings is 2. The summed E-state index contributed by atoms with van der Waals surface area (Å²) in [6, 6.07) is 17.5. The van der Waals surface area contributed by atoms with E-state index in [4.69, 9.17) is 4.74 Å². The smallest absolute Gasteiger partial charge is 0.252 e. The molecule has 0 bridgehead atoms. The number of hydrogen-bond donors (Lipinski definition) is 1. The molecule has 1 atom stereocenters. The number of ether oxygens (including phenoxy) is 1. The van der Waals surface area contributed by atoms with E-state index in [9.17, 15) is 4.79 Å². The molecule has 0 radical (unpaired) electrons. The van der Waals surface area contributed by atoms with Gasteiger partial charge in [0.25, 0.3) is 5.91 Å². The minimum absolute atomic E-state index is 0.0572. The van der Waals surface area contributed by atoms with Crippen LogP contribution in [0.4, 0.5) is 0 Å². The maximum absolute atomic E-state index is 12.8. The maximum atomic E-state index is 12.8. The fraction of sp³-hybridized carbons (Fsp3) is 0.286. The standard InChI is InChI=1S/C21H25NO2/c1-15(2)16(3)22-21(23)20(18-8-6-5-7-9-18)14-17-10-12-19(24-4)13-11-17/h5-16H,1-4H3,(H,22,23)/b20-14+/t16-/m1/s1. The van der Waals surface area contributed by atoms with Crippen LogP contribution in [-0.2, 0) is 4.79 Å². The molecule has 0 heterocycles. The lowest BCUT2D eigenvalue weighted by atomic mass is 10.00. The Kier molecular flexibility index (Phi) is 6.19. The van der Waals surface area contributed by atoms with Crippen molar-refractivity contribution >= 4 is 17.6 Å². The Hall–Kier alpha value is -2.55. The summed E-state index contributed by atoms with van der Waals surface area (Å²) in [7, 11) is 1.64. The average Bonchev–Trinajstić information content (AvgIpc) is 2.60. The summed E-state index contributed by atoms with van der Waals surface area (Å²) in [5, 5.41) is 3.09. The summed E-state index contributed by atoms with van der Waals surface area (Å²) in [5.74, 6) is 1.12. The molecular weight excluding hydrogens is 298 g/mol. The third kappa shape index (κ3) is 4.72. The van der Waals surface area contributed by atoms with Gasteiger partial charge in [-0.3, -0.25) is 4.79 Å². The Labute approximate surface area is 144 Å². The molecule has 2 aromatic rings. The SMILES string of the molecule is COc1ccc(/C=C(/C(=O)N[C@H](C)C(C)C)c2ccccc2)cc1. The van der Waals surface area contributed by atoms with Gasteiger partial charge in [-0.25, -0.2) is 0 Å². The minimum atomic E-state index is -0.0572. The number of methoxy groups -OCH3 is 1. The quantitative estimate of drug-likeness (QED) is 0.632. The van der Waals surface area contributed by atoms with Crippen LogP contribution in [0, 0.1) is 5.92 Å². The van der Waals surface area contributed by atoms with E-state index in [1.165, 1.54) is 0 Å². The van der Waals surface area contributed by atoms with Crippen molar-refractivity contribution < 1.29 is 9.53 Å². The van der Waals surface area contributed by atoms with Crippen molar-refractivity contribution in [3.05, 3.63) is 65.7 Å². The highest BCUT2D eigenvalue weighted by Crippen LogP contribution is 2.21. The number of carbonyl (C=O) groups excluding carboxylic acids is 1. The Bertz CT molecular complexity index is 688. The first-order valence-corrected chi connectivity index (χ1v) is 8.23. The van der Waals surface area contributed by atoms with E-state index in [0.29, 0.717) is 11.5 Å². The van der Waals surface area contributed by atoms with Crippen LogP contribution >= 0.6 is 0 Å². The molecule has 0 saturated carbocycles. The normalized spacial score (nSPS) is 12.8. The van der Waals surface area contributed by atoms with Crippen LogP contribution in [0.1, 0.15) is 31.9 Å². The minimum Gasteiger partial charge on any atom is -0.497 e. The number of rotatable bonds is 6. The molecule has 1 amide bonds. The Balaban J connectivity index is 2.35. The number of amides is 1. The second-order valence-electron chi connectivity index (χ2n) is 6.20. The molecule has 0 fully saturated rings. The molecule has 0 spiro atoms. The average molecular weight is 323 g/mol. The first kappa shape index (κ1) is 17.8. The van der Waals surface area contributed by atoms with Crippen molar-refractivity contribution in [2.75, 3.05) is 7.11 Å². The van der Waals surface area contributed by atoms with E-state index in [2.05, 4.69) is 19.2 Å². The number of hydrogen-bond acceptors (Lipinski definition) is 2. The van der Waals surface area contributed by atoms with Crippen molar-refractivity contribution in [1.82, 2.24) is 5.32 Å². The molecule has 2 aromatic carbocycles. The van der Waals surface area contributed by atoms with Gasteiger partial charge in [-0.1, -0.05) is 56.3 Å².